The van der Waals surface area contributed by atoms with Crippen LogP contribution in [0.2, 0.25) is 0 Å². The van der Waals surface area contributed by atoms with Gasteiger partial charge in [-0.15, -0.1) is 11.3 Å². The second-order valence-electron chi connectivity index (χ2n) is 5.30. The van der Waals surface area contributed by atoms with Crippen molar-refractivity contribution in [2.75, 3.05) is 0 Å². The molecule has 0 unspecified atom stereocenters. The lowest BCUT2D eigenvalue weighted by atomic mass is 10.1. The van der Waals surface area contributed by atoms with Gasteiger partial charge in [0.05, 0.1) is 5.69 Å². The van der Waals surface area contributed by atoms with Crippen molar-refractivity contribution in [3.63, 3.8) is 0 Å². The van der Waals surface area contributed by atoms with Crippen molar-refractivity contribution in [1.29, 1.82) is 0 Å². The lowest BCUT2D eigenvalue weighted by molar-refractivity contribution is 0.617. The van der Waals surface area contributed by atoms with E-state index in [-0.39, 0.29) is 5.69 Å². The van der Waals surface area contributed by atoms with E-state index in [1.54, 1.807) is 11.3 Å². The number of hydrogen-bond acceptors (Lipinski definition) is 3. The molecular formula is C16H14N2OS. The first kappa shape index (κ1) is 11.9. The number of aromatic nitrogens is 2. The summed E-state index contributed by atoms with van der Waals surface area (Å²) in [6, 6.07) is 12.0. The van der Waals surface area contributed by atoms with Crippen molar-refractivity contribution in [2.24, 2.45) is 5.92 Å². The predicted molar refractivity (Wildman–Crippen MR) is 82.0 cm³/mol. The molecule has 20 heavy (non-hydrogen) atoms. The van der Waals surface area contributed by atoms with Gasteiger partial charge in [-0.2, -0.15) is 4.98 Å². The van der Waals surface area contributed by atoms with E-state index < -0.39 is 0 Å². The van der Waals surface area contributed by atoms with E-state index >= 15 is 0 Å². The van der Waals surface area contributed by atoms with Crippen LogP contribution in [0.1, 0.15) is 12.8 Å². The van der Waals surface area contributed by atoms with Gasteiger partial charge in [0.15, 0.2) is 0 Å². The second-order valence-corrected chi connectivity index (χ2v) is 6.20. The first-order chi connectivity index (χ1) is 9.83. The minimum Gasteiger partial charge on any atom is -0.283 e. The molecule has 100 valence electrons. The van der Waals surface area contributed by atoms with Crippen LogP contribution in [0.5, 0.6) is 0 Å². The zero-order valence-electron chi connectivity index (χ0n) is 11.0. The van der Waals surface area contributed by atoms with Crippen molar-refractivity contribution < 1.29 is 0 Å². The zero-order chi connectivity index (χ0) is 13.5. The van der Waals surface area contributed by atoms with Gasteiger partial charge in [-0.25, -0.2) is 4.79 Å². The van der Waals surface area contributed by atoms with E-state index in [0.717, 1.165) is 28.0 Å². The van der Waals surface area contributed by atoms with Crippen LogP contribution in [0.3, 0.4) is 0 Å². The smallest absolute Gasteiger partial charge is 0.283 e. The fourth-order valence-electron chi connectivity index (χ4n) is 2.53. The largest absolute Gasteiger partial charge is 0.349 e. The molecule has 0 saturated heterocycles. The summed E-state index contributed by atoms with van der Waals surface area (Å²) in [7, 11) is 0. The molecule has 4 heteroatoms. The normalized spacial score (nSPS) is 14.8. The Balaban J connectivity index is 1.95. The van der Waals surface area contributed by atoms with E-state index in [0.29, 0.717) is 5.92 Å². The molecule has 0 atom stereocenters. The van der Waals surface area contributed by atoms with Gasteiger partial charge in [-0.05, 0) is 30.2 Å². The quantitative estimate of drug-likeness (QED) is 0.736. The van der Waals surface area contributed by atoms with Gasteiger partial charge in [0.1, 0.15) is 4.83 Å². The Morgan fingerprint density at radius 3 is 2.75 bits per heavy atom. The fourth-order valence-corrected chi connectivity index (χ4v) is 3.43. The van der Waals surface area contributed by atoms with E-state index in [9.17, 15) is 4.79 Å². The Morgan fingerprint density at radius 1 is 1.20 bits per heavy atom. The summed E-state index contributed by atoms with van der Waals surface area (Å²) in [6.45, 7) is 0.817. The molecule has 0 bridgehead atoms. The van der Waals surface area contributed by atoms with Crippen LogP contribution in [0.25, 0.3) is 21.5 Å². The van der Waals surface area contributed by atoms with Gasteiger partial charge in [0.25, 0.3) is 0 Å². The number of hydrogen-bond donors (Lipinski definition) is 0. The molecule has 1 aliphatic carbocycles. The number of rotatable bonds is 3. The maximum atomic E-state index is 12.3. The van der Waals surface area contributed by atoms with Gasteiger partial charge in [-0.3, -0.25) is 4.57 Å². The van der Waals surface area contributed by atoms with E-state index in [2.05, 4.69) is 11.1 Å². The summed E-state index contributed by atoms with van der Waals surface area (Å²) in [5.74, 6) is 0.669. The third-order valence-electron chi connectivity index (χ3n) is 3.77. The maximum absolute atomic E-state index is 12.3. The Kier molecular flexibility index (Phi) is 2.70. The molecule has 0 spiro atoms. The zero-order valence-corrected chi connectivity index (χ0v) is 11.8. The molecule has 0 radical (unpaired) electrons. The van der Waals surface area contributed by atoms with Gasteiger partial charge >= 0.3 is 5.69 Å². The average molecular weight is 282 g/mol. The van der Waals surface area contributed by atoms with Crippen molar-refractivity contribution in [3.8, 4) is 11.3 Å². The third kappa shape index (κ3) is 1.96. The van der Waals surface area contributed by atoms with Crippen LogP contribution in [0, 0.1) is 5.92 Å². The fraction of sp³-hybridized carbons (Fsp3) is 0.250. The Bertz CT molecular complexity index is 815. The van der Waals surface area contributed by atoms with Crippen LogP contribution in [-0.2, 0) is 6.54 Å². The molecule has 0 amide bonds. The molecule has 3 nitrogen and oxygen atoms in total. The van der Waals surface area contributed by atoms with Crippen LogP contribution >= 0.6 is 11.3 Å². The number of nitrogens with zero attached hydrogens (tertiary/aromatic N) is 2. The SMILES string of the molecule is O=c1nc(-c2ccccc2)c2ccsc2n1CC1CC1. The van der Waals surface area contributed by atoms with Gasteiger partial charge < -0.3 is 0 Å². The molecule has 1 saturated carbocycles. The van der Waals surface area contributed by atoms with Crippen molar-refractivity contribution in [3.05, 3.63) is 52.3 Å². The third-order valence-corrected chi connectivity index (χ3v) is 4.70. The monoisotopic (exact) mass is 282 g/mol. The molecule has 1 aromatic carbocycles. The molecule has 3 aromatic rings. The molecule has 2 heterocycles. The highest BCUT2D eigenvalue weighted by Crippen LogP contribution is 2.33. The highest BCUT2D eigenvalue weighted by atomic mass is 32.1. The molecule has 1 fully saturated rings. The summed E-state index contributed by atoms with van der Waals surface area (Å²) in [6.07, 6.45) is 2.47. The summed E-state index contributed by atoms with van der Waals surface area (Å²) in [4.78, 5) is 17.7. The molecule has 0 aliphatic heterocycles. The molecular weight excluding hydrogens is 268 g/mol. The summed E-state index contributed by atoms with van der Waals surface area (Å²) in [5, 5.41) is 3.13. The van der Waals surface area contributed by atoms with E-state index in [1.807, 2.05) is 40.3 Å². The maximum Gasteiger partial charge on any atom is 0.349 e. The summed E-state index contributed by atoms with van der Waals surface area (Å²) >= 11 is 1.63. The van der Waals surface area contributed by atoms with Crippen LogP contribution in [-0.4, -0.2) is 9.55 Å². The van der Waals surface area contributed by atoms with E-state index in [1.165, 1.54) is 12.8 Å². The summed E-state index contributed by atoms with van der Waals surface area (Å²) < 4.78 is 1.85. The van der Waals surface area contributed by atoms with Crippen molar-refractivity contribution in [1.82, 2.24) is 9.55 Å². The van der Waals surface area contributed by atoms with Gasteiger partial charge in [-0.1, -0.05) is 30.3 Å². The Hall–Kier alpha value is -1.94. The molecule has 4 rings (SSSR count). The highest BCUT2D eigenvalue weighted by molar-refractivity contribution is 7.16. The average Bonchev–Trinajstić information content (AvgIpc) is 3.17. The molecule has 0 N–H and O–H groups in total. The number of benzene rings is 1. The molecule has 2 aromatic heterocycles. The highest BCUT2D eigenvalue weighted by Gasteiger charge is 2.24. The van der Waals surface area contributed by atoms with Crippen molar-refractivity contribution >= 4 is 21.6 Å². The second kappa shape index (κ2) is 4.56. The number of thiophene rings is 1. The summed E-state index contributed by atoms with van der Waals surface area (Å²) in [5.41, 5.74) is 1.69. The first-order valence-corrected chi connectivity index (χ1v) is 7.74. The lowest BCUT2D eigenvalue weighted by Gasteiger charge is -2.09. The Labute approximate surface area is 120 Å². The topological polar surface area (TPSA) is 34.9 Å². The van der Waals surface area contributed by atoms with Crippen LogP contribution in [0.4, 0.5) is 0 Å². The minimum absolute atomic E-state index is 0.120. The number of fused-ring (bicyclic) bond motifs is 1. The van der Waals surface area contributed by atoms with Gasteiger partial charge in [0, 0.05) is 17.5 Å². The van der Waals surface area contributed by atoms with Gasteiger partial charge in [0.2, 0.25) is 0 Å². The standard InChI is InChI=1S/C16H14N2OS/c19-16-17-14(12-4-2-1-3-5-12)13-8-9-20-15(13)18(16)10-11-6-7-11/h1-5,8-9,11H,6-7,10H2. The minimum atomic E-state index is -0.120. The predicted octanol–water partition coefficient (Wildman–Crippen LogP) is 3.54. The lowest BCUT2D eigenvalue weighted by Crippen LogP contribution is -2.24. The first-order valence-electron chi connectivity index (χ1n) is 6.86. The van der Waals surface area contributed by atoms with Crippen molar-refractivity contribution in [2.45, 2.75) is 19.4 Å². The van der Waals surface area contributed by atoms with Crippen LogP contribution < -0.4 is 5.69 Å². The molecule has 1 aliphatic rings. The Morgan fingerprint density at radius 2 is 2.00 bits per heavy atom. The van der Waals surface area contributed by atoms with E-state index in [4.69, 9.17) is 0 Å². The van der Waals surface area contributed by atoms with Crippen LogP contribution in [0.15, 0.2) is 46.6 Å².